The number of carbonyl (C=O) groups is 1. The molecule has 5 nitrogen and oxygen atoms in total. The van der Waals surface area contributed by atoms with Crippen LogP contribution in [0.3, 0.4) is 0 Å². The average Bonchev–Trinajstić information content (AvgIpc) is 2.81. The molecule has 0 amide bonds. The van der Waals surface area contributed by atoms with E-state index in [1.165, 1.54) is 5.56 Å². The third-order valence-corrected chi connectivity index (χ3v) is 5.11. The third-order valence-electron chi connectivity index (χ3n) is 5.11. The van der Waals surface area contributed by atoms with E-state index >= 15 is 0 Å². The van der Waals surface area contributed by atoms with E-state index in [1.807, 2.05) is 61.5 Å². The summed E-state index contributed by atoms with van der Waals surface area (Å²) in [5.74, 6) is 1.40. The minimum Gasteiger partial charge on any atom is -0.496 e. The van der Waals surface area contributed by atoms with Crippen molar-refractivity contribution in [3.8, 4) is 17.2 Å². The Kier molecular flexibility index (Phi) is 6.96. The van der Waals surface area contributed by atoms with Crippen LogP contribution in [0.2, 0.25) is 0 Å². The number of nitrogens with one attached hydrogen (secondary N) is 1. The fourth-order valence-electron chi connectivity index (χ4n) is 3.31. The first kappa shape index (κ1) is 21.2. The standard InChI is InChI=1S/C25H27NO4/c1-17(19-10-13-22(28-2)24(14-19)30-4)25(27)21-12-11-20(15-23(21)29-3)26-16-18-8-6-5-7-9-18/h5-15,17,26H,16H2,1-4H3. The lowest BCUT2D eigenvalue weighted by atomic mass is 9.91. The van der Waals surface area contributed by atoms with Crippen LogP contribution in [0.5, 0.6) is 17.2 Å². The highest BCUT2D eigenvalue weighted by Gasteiger charge is 2.22. The molecule has 1 N–H and O–H groups in total. The lowest BCUT2D eigenvalue weighted by Crippen LogP contribution is -2.12. The molecule has 0 aromatic heterocycles. The van der Waals surface area contributed by atoms with Gasteiger partial charge in [0, 0.05) is 24.2 Å². The van der Waals surface area contributed by atoms with Crippen LogP contribution in [-0.2, 0) is 6.54 Å². The number of carbonyl (C=O) groups excluding carboxylic acids is 1. The van der Waals surface area contributed by atoms with Gasteiger partial charge in [-0.15, -0.1) is 0 Å². The fourth-order valence-corrected chi connectivity index (χ4v) is 3.31. The molecule has 0 radical (unpaired) electrons. The average molecular weight is 405 g/mol. The summed E-state index contributed by atoms with van der Waals surface area (Å²) >= 11 is 0. The van der Waals surface area contributed by atoms with Gasteiger partial charge in [0.1, 0.15) is 5.75 Å². The second kappa shape index (κ2) is 9.83. The zero-order chi connectivity index (χ0) is 21.5. The van der Waals surface area contributed by atoms with Crippen LogP contribution in [0, 0.1) is 0 Å². The topological polar surface area (TPSA) is 56.8 Å². The van der Waals surface area contributed by atoms with Crippen molar-refractivity contribution in [1.82, 2.24) is 0 Å². The molecule has 0 spiro atoms. The van der Waals surface area contributed by atoms with Crippen LogP contribution in [0.4, 0.5) is 5.69 Å². The maximum atomic E-state index is 13.2. The fraction of sp³-hybridized carbons (Fsp3) is 0.240. The normalized spacial score (nSPS) is 11.5. The molecule has 0 aliphatic rings. The number of methoxy groups -OCH3 is 3. The molecule has 3 aromatic rings. The van der Waals surface area contributed by atoms with E-state index in [-0.39, 0.29) is 11.7 Å². The summed E-state index contributed by atoms with van der Waals surface area (Å²) in [7, 11) is 4.75. The van der Waals surface area contributed by atoms with Gasteiger partial charge < -0.3 is 19.5 Å². The van der Waals surface area contributed by atoms with Gasteiger partial charge in [0.2, 0.25) is 0 Å². The molecule has 1 unspecified atom stereocenters. The molecule has 3 rings (SSSR count). The highest BCUT2D eigenvalue weighted by molar-refractivity contribution is 6.03. The maximum absolute atomic E-state index is 13.2. The Hall–Kier alpha value is -3.47. The van der Waals surface area contributed by atoms with Gasteiger partial charge in [-0.1, -0.05) is 43.3 Å². The third kappa shape index (κ3) is 4.74. The van der Waals surface area contributed by atoms with Crippen molar-refractivity contribution < 1.29 is 19.0 Å². The highest BCUT2D eigenvalue weighted by atomic mass is 16.5. The van der Waals surface area contributed by atoms with Crippen molar-refractivity contribution >= 4 is 11.5 Å². The number of benzene rings is 3. The van der Waals surface area contributed by atoms with Crippen molar-refractivity contribution in [2.24, 2.45) is 0 Å². The van der Waals surface area contributed by atoms with Gasteiger partial charge >= 0.3 is 0 Å². The summed E-state index contributed by atoms with van der Waals surface area (Å²) in [5.41, 5.74) is 3.47. The molecule has 0 aliphatic heterocycles. The molecule has 0 heterocycles. The number of hydrogen-bond donors (Lipinski definition) is 1. The number of hydrogen-bond acceptors (Lipinski definition) is 5. The Morgan fingerprint density at radius 3 is 2.20 bits per heavy atom. The lowest BCUT2D eigenvalue weighted by molar-refractivity contribution is 0.0963. The van der Waals surface area contributed by atoms with Gasteiger partial charge in [-0.3, -0.25) is 4.79 Å². The minimum absolute atomic E-state index is 0.0197. The van der Waals surface area contributed by atoms with Gasteiger partial charge in [-0.25, -0.2) is 0 Å². The second-order valence-electron chi connectivity index (χ2n) is 6.95. The van der Waals surface area contributed by atoms with Crippen LogP contribution in [0.1, 0.15) is 34.3 Å². The van der Waals surface area contributed by atoms with E-state index in [0.29, 0.717) is 29.4 Å². The summed E-state index contributed by atoms with van der Waals surface area (Å²) in [5, 5.41) is 3.37. The van der Waals surface area contributed by atoms with Crippen molar-refractivity contribution in [1.29, 1.82) is 0 Å². The van der Waals surface area contributed by atoms with Gasteiger partial charge in [0.15, 0.2) is 17.3 Å². The Bertz CT molecular complexity index is 1000. The Balaban J connectivity index is 1.79. The van der Waals surface area contributed by atoms with Crippen LogP contribution in [0.25, 0.3) is 0 Å². The maximum Gasteiger partial charge on any atom is 0.173 e. The molecule has 156 valence electrons. The summed E-state index contributed by atoms with van der Waals surface area (Å²) in [6, 6.07) is 21.2. The van der Waals surface area contributed by atoms with Crippen LogP contribution in [0.15, 0.2) is 66.7 Å². The first-order valence-electron chi connectivity index (χ1n) is 9.79. The van der Waals surface area contributed by atoms with E-state index in [9.17, 15) is 4.79 Å². The molecule has 1 atom stereocenters. The van der Waals surface area contributed by atoms with E-state index in [0.717, 1.165) is 11.3 Å². The molecule has 0 fully saturated rings. The zero-order valence-corrected chi connectivity index (χ0v) is 17.8. The van der Waals surface area contributed by atoms with Crippen molar-refractivity contribution in [3.63, 3.8) is 0 Å². The van der Waals surface area contributed by atoms with Crippen molar-refractivity contribution in [3.05, 3.63) is 83.4 Å². The molecular formula is C25H27NO4. The van der Waals surface area contributed by atoms with Crippen LogP contribution >= 0.6 is 0 Å². The molecular weight excluding hydrogens is 378 g/mol. The predicted molar refractivity (Wildman–Crippen MR) is 119 cm³/mol. The highest BCUT2D eigenvalue weighted by Crippen LogP contribution is 2.34. The molecule has 30 heavy (non-hydrogen) atoms. The van der Waals surface area contributed by atoms with Crippen molar-refractivity contribution in [2.75, 3.05) is 26.6 Å². The monoisotopic (exact) mass is 405 g/mol. The zero-order valence-electron chi connectivity index (χ0n) is 17.8. The van der Waals surface area contributed by atoms with Crippen LogP contribution < -0.4 is 19.5 Å². The molecule has 3 aromatic carbocycles. The van der Waals surface area contributed by atoms with E-state index in [4.69, 9.17) is 14.2 Å². The SMILES string of the molecule is COc1ccc(C(C)C(=O)c2ccc(NCc3ccccc3)cc2OC)cc1OC. The molecule has 0 saturated heterocycles. The number of Topliss-reactive ketones (excluding diaryl/α,β-unsaturated/α-hetero) is 1. The smallest absolute Gasteiger partial charge is 0.173 e. The Morgan fingerprint density at radius 1 is 0.833 bits per heavy atom. The number of ether oxygens (including phenoxy) is 3. The summed E-state index contributed by atoms with van der Waals surface area (Å²) in [4.78, 5) is 13.2. The first-order valence-corrected chi connectivity index (χ1v) is 9.79. The number of anilines is 1. The van der Waals surface area contributed by atoms with Gasteiger partial charge in [-0.2, -0.15) is 0 Å². The van der Waals surface area contributed by atoms with Crippen molar-refractivity contribution in [2.45, 2.75) is 19.4 Å². The summed E-state index contributed by atoms with van der Waals surface area (Å²) in [6.07, 6.45) is 0. The Morgan fingerprint density at radius 2 is 1.53 bits per heavy atom. The molecule has 0 bridgehead atoms. The number of ketones is 1. The van der Waals surface area contributed by atoms with E-state index < -0.39 is 0 Å². The largest absolute Gasteiger partial charge is 0.496 e. The molecule has 0 aliphatic carbocycles. The molecule has 0 saturated carbocycles. The number of rotatable bonds is 9. The van der Waals surface area contributed by atoms with Gasteiger partial charge in [0.25, 0.3) is 0 Å². The van der Waals surface area contributed by atoms with Gasteiger partial charge in [-0.05, 0) is 35.4 Å². The van der Waals surface area contributed by atoms with Crippen LogP contribution in [-0.4, -0.2) is 27.1 Å². The lowest BCUT2D eigenvalue weighted by Gasteiger charge is -2.17. The Labute approximate surface area is 177 Å². The van der Waals surface area contributed by atoms with Gasteiger partial charge in [0.05, 0.1) is 26.9 Å². The summed E-state index contributed by atoms with van der Waals surface area (Å²) in [6.45, 7) is 2.57. The van der Waals surface area contributed by atoms with E-state index in [2.05, 4.69) is 17.4 Å². The second-order valence-corrected chi connectivity index (χ2v) is 6.95. The summed E-state index contributed by atoms with van der Waals surface area (Å²) < 4.78 is 16.2. The first-order chi connectivity index (χ1) is 14.6. The van der Waals surface area contributed by atoms with E-state index in [1.54, 1.807) is 21.3 Å². The minimum atomic E-state index is -0.359. The molecule has 5 heteroatoms. The predicted octanol–water partition coefficient (Wildman–Crippen LogP) is 5.31. The quantitative estimate of drug-likeness (QED) is 0.489.